The summed E-state index contributed by atoms with van der Waals surface area (Å²) in [5, 5.41) is 0. The summed E-state index contributed by atoms with van der Waals surface area (Å²) in [7, 11) is -0.752. The maximum absolute atomic E-state index is 11.3. The van der Waals surface area contributed by atoms with E-state index in [2.05, 4.69) is 22.5 Å². The molecule has 0 aliphatic heterocycles. The summed E-state index contributed by atoms with van der Waals surface area (Å²) in [6, 6.07) is 8.41. The lowest BCUT2D eigenvalue weighted by molar-refractivity contribution is 0.525. The molecule has 2 atom stereocenters. The number of halogens is 1. The van der Waals surface area contributed by atoms with Gasteiger partial charge in [-0.2, -0.15) is 0 Å². The van der Waals surface area contributed by atoms with Crippen LogP contribution in [0.1, 0.15) is 25.2 Å². The maximum atomic E-state index is 11.3. The van der Waals surface area contributed by atoms with E-state index in [4.69, 9.17) is 11.6 Å². The molecule has 0 bridgehead atoms. The van der Waals surface area contributed by atoms with Crippen LogP contribution in [-0.4, -0.2) is 31.6 Å². The number of fused-ring (bicyclic) bond motifs is 1. The van der Waals surface area contributed by atoms with Gasteiger partial charge in [0, 0.05) is 41.2 Å². The van der Waals surface area contributed by atoms with Crippen molar-refractivity contribution >= 4 is 33.4 Å². The molecule has 0 N–H and O–H groups in total. The van der Waals surface area contributed by atoms with Crippen molar-refractivity contribution in [2.24, 2.45) is 0 Å². The number of benzene rings is 1. The fourth-order valence-corrected chi connectivity index (χ4v) is 3.15. The quantitative estimate of drug-likeness (QED) is 0.768. The van der Waals surface area contributed by atoms with Crippen LogP contribution in [0.3, 0.4) is 0 Å². The van der Waals surface area contributed by atoms with E-state index >= 15 is 0 Å². The third-order valence-electron chi connectivity index (χ3n) is 3.25. The number of imidazole rings is 1. The molecular formula is C14H19ClN2OS. The minimum absolute atomic E-state index is 0.287. The molecule has 1 heterocycles. The van der Waals surface area contributed by atoms with Gasteiger partial charge in [-0.15, -0.1) is 11.6 Å². The topological polar surface area (TPSA) is 34.9 Å². The Balaban J connectivity index is 2.37. The van der Waals surface area contributed by atoms with Gasteiger partial charge < -0.3 is 4.57 Å². The summed E-state index contributed by atoms with van der Waals surface area (Å²) in [6.07, 6.45) is 3.40. The minimum Gasteiger partial charge on any atom is -0.325 e. The minimum atomic E-state index is -0.752. The third-order valence-corrected chi connectivity index (χ3v) is 4.25. The Morgan fingerprint density at radius 2 is 2.16 bits per heavy atom. The van der Waals surface area contributed by atoms with Crippen LogP contribution in [0.5, 0.6) is 0 Å². The molecule has 5 heteroatoms. The van der Waals surface area contributed by atoms with Crippen molar-refractivity contribution in [2.45, 2.75) is 25.8 Å². The van der Waals surface area contributed by atoms with Gasteiger partial charge in [-0.05, 0) is 25.5 Å². The fourth-order valence-electron chi connectivity index (χ4n) is 2.31. The van der Waals surface area contributed by atoms with Gasteiger partial charge in [0.1, 0.15) is 5.82 Å². The van der Waals surface area contributed by atoms with Gasteiger partial charge in [0.15, 0.2) is 0 Å². The Morgan fingerprint density at radius 1 is 1.42 bits per heavy atom. The van der Waals surface area contributed by atoms with Crippen LogP contribution in [0.4, 0.5) is 0 Å². The lowest BCUT2D eigenvalue weighted by atomic mass is 10.2. The summed E-state index contributed by atoms with van der Waals surface area (Å²) < 4.78 is 13.5. The zero-order valence-corrected chi connectivity index (χ0v) is 12.9. The maximum Gasteiger partial charge on any atom is 0.111 e. The highest BCUT2D eigenvalue weighted by molar-refractivity contribution is 7.84. The SMILES string of the molecule is CC(CCS(C)=O)n1c(CCCl)nc2ccccc21. The van der Waals surface area contributed by atoms with Gasteiger partial charge in [0.25, 0.3) is 0 Å². The Labute approximate surface area is 121 Å². The van der Waals surface area contributed by atoms with Gasteiger partial charge in [-0.1, -0.05) is 12.1 Å². The number of alkyl halides is 1. The van der Waals surface area contributed by atoms with Crippen molar-refractivity contribution in [1.29, 1.82) is 0 Å². The second-order valence-electron chi connectivity index (χ2n) is 4.74. The van der Waals surface area contributed by atoms with Crippen molar-refractivity contribution in [3.8, 4) is 0 Å². The number of aryl methyl sites for hydroxylation is 1. The van der Waals surface area contributed by atoms with Crippen LogP contribution in [0.25, 0.3) is 11.0 Å². The summed E-state index contributed by atoms with van der Waals surface area (Å²) >= 11 is 5.87. The second-order valence-corrected chi connectivity index (χ2v) is 6.67. The molecule has 19 heavy (non-hydrogen) atoms. The Hall–Kier alpha value is -0.870. The molecule has 104 valence electrons. The van der Waals surface area contributed by atoms with Crippen molar-refractivity contribution in [3.63, 3.8) is 0 Å². The number of nitrogens with zero attached hydrogens (tertiary/aromatic N) is 2. The van der Waals surface area contributed by atoms with Crippen LogP contribution < -0.4 is 0 Å². The van der Waals surface area contributed by atoms with Gasteiger partial charge >= 0.3 is 0 Å². The molecule has 2 unspecified atom stereocenters. The van der Waals surface area contributed by atoms with E-state index in [0.29, 0.717) is 11.6 Å². The Morgan fingerprint density at radius 3 is 2.84 bits per heavy atom. The van der Waals surface area contributed by atoms with Crippen molar-refractivity contribution in [1.82, 2.24) is 9.55 Å². The molecule has 0 amide bonds. The van der Waals surface area contributed by atoms with E-state index in [1.807, 2.05) is 18.2 Å². The largest absolute Gasteiger partial charge is 0.325 e. The van der Waals surface area contributed by atoms with E-state index in [9.17, 15) is 4.21 Å². The van der Waals surface area contributed by atoms with Gasteiger partial charge in [-0.25, -0.2) is 4.98 Å². The highest BCUT2D eigenvalue weighted by Crippen LogP contribution is 2.23. The first kappa shape index (κ1) is 14.5. The van der Waals surface area contributed by atoms with E-state index in [1.54, 1.807) is 6.26 Å². The average Bonchev–Trinajstić information content (AvgIpc) is 2.74. The molecule has 0 spiro atoms. The number of hydrogen-bond acceptors (Lipinski definition) is 2. The van der Waals surface area contributed by atoms with E-state index in [1.165, 1.54) is 0 Å². The predicted octanol–water partition coefficient (Wildman–Crippen LogP) is 3.15. The van der Waals surface area contributed by atoms with E-state index in [0.717, 1.165) is 29.7 Å². The van der Waals surface area contributed by atoms with E-state index < -0.39 is 10.8 Å². The second kappa shape index (κ2) is 6.53. The number of rotatable bonds is 6. The summed E-state index contributed by atoms with van der Waals surface area (Å²) in [6.45, 7) is 2.15. The van der Waals surface area contributed by atoms with E-state index in [-0.39, 0.29) is 6.04 Å². The molecule has 2 rings (SSSR count). The van der Waals surface area contributed by atoms with Gasteiger partial charge in [-0.3, -0.25) is 4.21 Å². The molecule has 1 aromatic carbocycles. The van der Waals surface area contributed by atoms with Crippen LogP contribution in [0.15, 0.2) is 24.3 Å². The van der Waals surface area contributed by atoms with Crippen LogP contribution >= 0.6 is 11.6 Å². The van der Waals surface area contributed by atoms with Crippen LogP contribution in [0, 0.1) is 0 Å². The van der Waals surface area contributed by atoms with Crippen molar-refractivity contribution in [2.75, 3.05) is 17.9 Å². The Kier molecular flexibility index (Phi) is 4.99. The molecule has 0 saturated carbocycles. The molecular weight excluding hydrogens is 280 g/mol. The number of hydrogen-bond donors (Lipinski definition) is 0. The third kappa shape index (κ3) is 3.37. The molecule has 1 aromatic heterocycles. The van der Waals surface area contributed by atoms with Crippen molar-refractivity contribution in [3.05, 3.63) is 30.1 Å². The molecule has 0 radical (unpaired) electrons. The standard InChI is InChI=1S/C14H19ClN2OS/c1-11(8-10-19(2)18)17-13-6-4-3-5-12(13)16-14(17)7-9-15/h3-6,11H,7-10H2,1-2H3. The summed E-state index contributed by atoms with van der Waals surface area (Å²) in [5.41, 5.74) is 2.14. The number of para-hydroxylation sites is 2. The normalized spacial score (nSPS) is 14.7. The molecule has 0 saturated heterocycles. The van der Waals surface area contributed by atoms with Crippen LogP contribution in [0.2, 0.25) is 0 Å². The smallest absolute Gasteiger partial charge is 0.111 e. The predicted molar refractivity (Wildman–Crippen MR) is 82.4 cm³/mol. The van der Waals surface area contributed by atoms with Crippen LogP contribution in [-0.2, 0) is 17.2 Å². The average molecular weight is 299 g/mol. The first-order valence-corrected chi connectivity index (χ1v) is 8.71. The molecule has 3 nitrogen and oxygen atoms in total. The summed E-state index contributed by atoms with van der Waals surface area (Å²) in [5.74, 6) is 2.30. The molecule has 0 fully saturated rings. The first-order chi connectivity index (χ1) is 9.13. The van der Waals surface area contributed by atoms with Gasteiger partial charge in [0.05, 0.1) is 11.0 Å². The Bertz CT molecular complexity index is 582. The summed E-state index contributed by atoms with van der Waals surface area (Å²) in [4.78, 5) is 4.65. The lowest BCUT2D eigenvalue weighted by Crippen LogP contribution is -2.12. The molecule has 0 aliphatic rings. The lowest BCUT2D eigenvalue weighted by Gasteiger charge is -2.17. The number of aromatic nitrogens is 2. The van der Waals surface area contributed by atoms with Crippen molar-refractivity contribution < 1.29 is 4.21 Å². The monoisotopic (exact) mass is 298 g/mol. The van der Waals surface area contributed by atoms with Gasteiger partial charge in [0.2, 0.25) is 0 Å². The first-order valence-electron chi connectivity index (χ1n) is 6.45. The molecule has 0 aliphatic carbocycles. The highest BCUT2D eigenvalue weighted by Gasteiger charge is 2.15. The fraction of sp³-hybridized carbons (Fsp3) is 0.500. The zero-order chi connectivity index (χ0) is 13.8. The zero-order valence-electron chi connectivity index (χ0n) is 11.3. The molecule has 2 aromatic rings. The highest BCUT2D eigenvalue weighted by atomic mass is 35.5.